The van der Waals surface area contributed by atoms with Crippen LogP contribution in [0, 0.1) is 0 Å². The topological polar surface area (TPSA) is 69.8 Å². The quantitative estimate of drug-likeness (QED) is 0.789. The average Bonchev–Trinajstić information content (AvgIpc) is 2.95. The highest BCUT2D eigenvalue weighted by atomic mass is 16.3. The molecule has 2 aliphatic heterocycles. The number of hydrogen-bond donors (Lipinski definition) is 2. The first-order chi connectivity index (χ1) is 11.1. The summed E-state index contributed by atoms with van der Waals surface area (Å²) in [7, 11) is 0. The summed E-state index contributed by atoms with van der Waals surface area (Å²) in [4.78, 5) is 17.0. The van der Waals surface area contributed by atoms with Gasteiger partial charge in [0.25, 0.3) is 5.91 Å². The molecule has 0 aliphatic carbocycles. The van der Waals surface area contributed by atoms with Crippen molar-refractivity contribution in [3.8, 4) is 0 Å². The number of aliphatic hydroxyl groups excluding tert-OH is 1. The van der Waals surface area contributed by atoms with Gasteiger partial charge in [-0.3, -0.25) is 4.79 Å². The maximum atomic E-state index is 12.9. The molecule has 1 fully saturated rings. The first-order valence-corrected chi connectivity index (χ1v) is 7.84. The summed E-state index contributed by atoms with van der Waals surface area (Å²) in [6.45, 7) is 1.23. The van der Waals surface area contributed by atoms with Gasteiger partial charge in [-0.15, -0.1) is 0 Å². The minimum Gasteiger partial charge on any atom is -0.399 e. The van der Waals surface area contributed by atoms with Crippen molar-refractivity contribution >= 4 is 23.0 Å². The van der Waals surface area contributed by atoms with Gasteiger partial charge in [0.2, 0.25) is 0 Å². The molecule has 0 bridgehead atoms. The molecule has 1 saturated heterocycles. The minimum atomic E-state index is -0.334. The van der Waals surface area contributed by atoms with Gasteiger partial charge in [-0.25, -0.2) is 0 Å². The van der Waals surface area contributed by atoms with E-state index in [2.05, 4.69) is 4.90 Å². The fraction of sp³-hybridized carbons (Fsp3) is 0.278. The number of nitrogens with two attached hydrogens (primary N) is 1. The Morgan fingerprint density at radius 2 is 1.74 bits per heavy atom. The number of rotatable bonds is 1. The van der Waals surface area contributed by atoms with Gasteiger partial charge in [-0.1, -0.05) is 12.1 Å². The van der Waals surface area contributed by atoms with E-state index in [4.69, 9.17) is 5.73 Å². The number of amides is 1. The summed E-state index contributed by atoms with van der Waals surface area (Å²) in [5.41, 5.74) is 8.90. The SMILES string of the molecule is Nc1ccc(C(=O)N2CC3C[C@@H](O)CN3c3ccccc32)cc1. The second kappa shape index (κ2) is 5.28. The maximum absolute atomic E-state index is 12.9. The molecule has 0 spiro atoms. The Kier molecular flexibility index (Phi) is 3.23. The maximum Gasteiger partial charge on any atom is 0.258 e. The lowest BCUT2D eigenvalue weighted by atomic mass is 10.1. The first-order valence-electron chi connectivity index (χ1n) is 7.84. The summed E-state index contributed by atoms with van der Waals surface area (Å²) < 4.78 is 0. The Morgan fingerprint density at radius 3 is 2.48 bits per heavy atom. The van der Waals surface area contributed by atoms with Crippen molar-refractivity contribution in [3.05, 3.63) is 54.1 Å². The number of carbonyl (C=O) groups excluding carboxylic acids is 1. The van der Waals surface area contributed by atoms with Crippen molar-refractivity contribution in [1.29, 1.82) is 0 Å². The van der Waals surface area contributed by atoms with Gasteiger partial charge in [-0.05, 0) is 42.8 Å². The molecule has 0 aromatic heterocycles. The van der Waals surface area contributed by atoms with Crippen LogP contribution < -0.4 is 15.5 Å². The average molecular weight is 309 g/mol. The number of hydrogen-bond acceptors (Lipinski definition) is 4. The van der Waals surface area contributed by atoms with E-state index in [-0.39, 0.29) is 18.1 Å². The van der Waals surface area contributed by atoms with E-state index in [1.54, 1.807) is 24.3 Å². The Hall–Kier alpha value is -2.53. The molecule has 2 aromatic carbocycles. The van der Waals surface area contributed by atoms with Gasteiger partial charge in [0.15, 0.2) is 0 Å². The number of aliphatic hydroxyl groups is 1. The number of nitrogen functional groups attached to an aromatic ring is 1. The molecule has 23 heavy (non-hydrogen) atoms. The van der Waals surface area contributed by atoms with E-state index in [1.165, 1.54) is 0 Å². The molecule has 4 rings (SSSR count). The van der Waals surface area contributed by atoms with Crippen molar-refractivity contribution in [2.45, 2.75) is 18.6 Å². The highest BCUT2D eigenvalue weighted by molar-refractivity contribution is 6.08. The van der Waals surface area contributed by atoms with Crippen molar-refractivity contribution in [2.24, 2.45) is 0 Å². The number of nitrogens with zero attached hydrogens (tertiary/aromatic N) is 2. The van der Waals surface area contributed by atoms with Crippen LogP contribution in [0.5, 0.6) is 0 Å². The van der Waals surface area contributed by atoms with Crippen LogP contribution in [-0.4, -0.2) is 36.2 Å². The lowest BCUT2D eigenvalue weighted by Crippen LogP contribution is -2.48. The standard InChI is InChI=1S/C18H19N3O2/c19-13-7-5-12(6-8-13)18(23)21-10-14-9-15(22)11-20(14)16-3-1-2-4-17(16)21/h1-8,14-15,22H,9-11,19H2/t14?,15-/m1/s1. The fourth-order valence-electron chi connectivity index (χ4n) is 3.58. The molecule has 2 heterocycles. The van der Waals surface area contributed by atoms with Crippen molar-refractivity contribution in [1.82, 2.24) is 0 Å². The van der Waals surface area contributed by atoms with E-state index < -0.39 is 0 Å². The van der Waals surface area contributed by atoms with Crippen LogP contribution in [0.3, 0.4) is 0 Å². The minimum absolute atomic E-state index is 0.0292. The molecular weight excluding hydrogens is 290 g/mol. The molecule has 3 N–H and O–H groups in total. The lowest BCUT2D eigenvalue weighted by Gasteiger charge is -2.40. The predicted octanol–water partition coefficient (Wildman–Crippen LogP) is 1.87. The number of para-hydroxylation sites is 2. The van der Waals surface area contributed by atoms with Gasteiger partial charge < -0.3 is 20.6 Å². The fourth-order valence-corrected chi connectivity index (χ4v) is 3.58. The Labute approximate surface area is 134 Å². The molecular formula is C18H19N3O2. The van der Waals surface area contributed by atoms with Crippen LogP contribution in [0.4, 0.5) is 17.1 Å². The molecule has 2 aliphatic rings. The van der Waals surface area contributed by atoms with E-state index in [0.717, 1.165) is 11.4 Å². The largest absolute Gasteiger partial charge is 0.399 e. The summed E-state index contributed by atoms with van der Waals surface area (Å²) in [5, 5.41) is 10.00. The van der Waals surface area contributed by atoms with Crippen LogP contribution in [0.1, 0.15) is 16.8 Å². The van der Waals surface area contributed by atoms with Gasteiger partial charge in [0.1, 0.15) is 0 Å². The van der Waals surface area contributed by atoms with Crippen molar-refractivity contribution in [2.75, 3.05) is 28.6 Å². The number of anilines is 3. The molecule has 1 amide bonds. The molecule has 0 radical (unpaired) electrons. The van der Waals surface area contributed by atoms with Crippen LogP contribution in [0.15, 0.2) is 48.5 Å². The second-order valence-corrected chi connectivity index (χ2v) is 6.22. The zero-order chi connectivity index (χ0) is 16.0. The first kappa shape index (κ1) is 14.1. The van der Waals surface area contributed by atoms with E-state index >= 15 is 0 Å². The Balaban J connectivity index is 1.73. The molecule has 0 saturated carbocycles. The molecule has 1 unspecified atom stereocenters. The predicted molar refractivity (Wildman–Crippen MR) is 90.7 cm³/mol. The zero-order valence-corrected chi connectivity index (χ0v) is 12.7. The molecule has 5 nitrogen and oxygen atoms in total. The summed E-state index contributed by atoms with van der Waals surface area (Å²) in [5.74, 6) is -0.0292. The number of benzene rings is 2. The molecule has 2 aromatic rings. The third-order valence-corrected chi connectivity index (χ3v) is 4.67. The second-order valence-electron chi connectivity index (χ2n) is 6.22. The van der Waals surface area contributed by atoms with E-state index in [9.17, 15) is 9.90 Å². The van der Waals surface area contributed by atoms with Crippen LogP contribution in [0.25, 0.3) is 0 Å². The summed E-state index contributed by atoms with van der Waals surface area (Å²) in [6.07, 6.45) is 0.361. The third kappa shape index (κ3) is 2.33. The van der Waals surface area contributed by atoms with Crippen LogP contribution in [-0.2, 0) is 0 Å². The number of carbonyl (C=O) groups is 1. The summed E-state index contributed by atoms with van der Waals surface area (Å²) >= 11 is 0. The van der Waals surface area contributed by atoms with Gasteiger partial charge in [0, 0.05) is 30.4 Å². The lowest BCUT2D eigenvalue weighted by molar-refractivity contribution is 0.0983. The smallest absolute Gasteiger partial charge is 0.258 e. The van der Waals surface area contributed by atoms with E-state index in [0.29, 0.717) is 30.8 Å². The summed E-state index contributed by atoms with van der Waals surface area (Å²) in [6, 6.07) is 15.1. The van der Waals surface area contributed by atoms with Crippen LogP contribution in [0.2, 0.25) is 0 Å². The monoisotopic (exact) mass is 309 g/mol. The zero-order valence-electron chi connectivity index (χ0n) is 12.7. The normalized spacial score (nSPS) is 22.7. The molecule has 118 valence electrons. The van der Waals surface area contributed by atoms with Crippen molar-refractivity contribution < 1.29 is 9.90 Å². The Bertz CT molecular complexity index is 744. The highest BCUT2D eigenvalue weighted by Crippen LogP contribution is 2.39. The van der Waals surface area contributed by atoms with Gasteiger partial charge >= 0.3 is 0 Å². The number of fused-ring (bicyclic) bond motifs is 3. The van der Waals surface area contributed by atoms with Gasteiger partial charge in [-0.2, -0.15) is 0 Å². The highest BCUT2D eigenvalue weighted by Gasteiger charge is 2.39. The molecule has 5 heteroatoms. The van der Waals surface area contributed by atoms with E-state index in [1.807, 2.05) is 29.2 Å². The molecule has 2 atom stereocenters. The van der Waals surface area contributed by atoms with Crippen LogP contribution >= 0.6 is 0 Å². The van der Waals surface area contributed by atoms with Crippen molar-refractivity contribution in [3.63, 3.8) is 0 Å². The Morgan fingerprint density at radius 1 is 1.04 bits per heavy atom. The third-order valence-electron chi connectivity index (χ3n) is 4.67. The van der Waals surface area contributed by atoms with Gasteiger partial charge in [0.05, 0.1) is 17.5 Å².